The maximum atomic E-state index is 13.4. The van der Waals surface area contributed by atoms with E-state index in [1.54, 1.807) is 6.07 Å². The highest BCUT2D eigenvalue weighted by Gasteiger charge is 2.32. The van der Waals surface area contributed by atoms with E-state index in [1.165, 1.54) is 46.4 Å². The summed E-state index contributed by atoms with van der Waals surface area (Å²) < 4.78 is 24.9. The molecule has 3 aromatic rings. The van der Waals surface area contributed by atoms with Gasteiger partial charge < -0.3 is 8.92 Å². The third kappa shape index (κ3) is 3.92. The van der Waals surface area contributed by atoms with E-state index in [0.717, 1.165) is 42.3 Å². The molecule has 30 heavy (non-hydrogen) atoms. The van der Waals surface area contributed by atoms with Gasteiger partial charge in [-0.3, -0.25) is 4.90 Å². The minimum atomic E-state index is -0.251. The van der Waals surface area contributed by atoms with Gasteiger partial charge in [0.25, 0.3) is 0 Å². The molecule has 154 valence electrons. The highest BCUT2D eigenvalue weighted by molar-refractivity contribution is 7.95. The number of nitrogens with zero attached hydrogens (tertiary/aromatic N) is 1. The summed E-state index contributed by atoms with van der Waals surface area (Å²) in [5, 5.41) is 0. The van der Waals surface area contributed by atoms with Crippen LogP contribution in [0.2, 0.25) is 0 Å². The van der Waals surface area contributed by atoms with Crippen LogP contribution in [-0.4, -0.2) is 18.1 Å². The lowest BCUT2D eigenvalue weighted by atomic mass is 9.84. The van der Waals surface area contributed by atoms with Crippen LogP contribution in [0.1, 0.15) is 35.2 Å². The van der Waals surface area contributed by atoms with Gasteiger partial charge in [-0.1, -0.05) is 18.2 Å². The van der Waals surface area contributed by atoms with E-state index < -0.39 is 0 Å². The Morgan fingerprint density at radius 2 is 1.87 bits per heavy atom. The SMILES string of the molecule is CCOc1ccc2c(c1)CCN1Cc3cc(OSc4cccc(F)c4)ccc3CC21. The van der Waals surface area contributed by atoms with Crippen molar-refractivity contribution in [2.24, 2.45) is 0 Å². The Morgan fingerprint density at radius 1 is 1.00 bits per heavy atom. The normalized spacial score (nSPS) is 17.6. The fourth-order valence-electron chi connectivity index (χ4n) is 4.47. The van der Waals surface area contributed by atoms with Crippen molar-refractivity contribution < 1.29 is 13.3 Å². The summed E-state index contributed by atoms with van der Waals surface area (Å²) in [5.74, 6) is 1.53. The summed E-state index contributed by atoms with van der Waals surface area (Å²) in [6.45, 7) is 4.70. The zero-order chi connectivity index (χ0) is 20.5. The minimum absolute atomic E-state index is 0.251. The summed E-state index contributed by atoms with van der Waals surface area (Å²) in [4.78, 5) is 3.32. The molecule has 0 saturated heterocycles. The van der Waals surface area contributed by atoms with Crippen LogP contribution in [0.15, 0.2) is 65.6 Å². The second-order valence-corrected chi connectivity index (χ2v) is 8.59. The molecule has 0 bridgehead atoms. The lowest BCUT2D eigenvalue weighted by Gasteiger charge is -2.41. The molecule has 5 heteroatoms. The molecule has 3 aromatic carbocycles. The Balaban J connectivity index is 1.33. The van der Waals surface area contributed by atoms with Crippen molar-refractivity contribution in [1.82, 2.24) is 4.90 Å². The average Bonchev–Trinajstić information content (AvgIpc) is 2.76. The highest BCUT2D eigenvalue weighted by atomic mass is 32.2. The second-order valence-electron chi connectivity index (χ2n) is 7.79. The molecule has 0 aliphatic carbocycles. The van der Waals surface area contributed by atoms with Crippen LogP contribution < -0.4 is 8.92 Å². The first-order chi connectivity index (χ1) is 14.7. The van der Waals surface area contributed by atoms with Crippen molar-refractivity contribution in [3.8, 4) is 11.5 Å². The van der Waals surface area contributed by atoms with Crippen LogP contribution >= 0.6 is 12.0 Å². The number of hydrogen-bond donors (Lipinski definition) is 0. The summed E-state index contributed by atoms with van der Waals surface area (Å²) in [6.07, 6.45) is 2.06. The number of rotatable bonds is 5. The van der Waals surface area contributed by atoms with E-state index in [-0.39, 0.29) is 5.82 Å². The van der Waals surface area contributed by atoms with Gasteiger partial charge >= 0.3 is 0 Å². The Hall–Kier alpha value is -2.50. The molecule has 3 nitrogen and oxygen atoms in total. The molecule has 2 aliphatic heterocycles. The standard InChI is InChI=1S/C25H24FNO2S/c1-2-28-21-8-9-24-18(12-21)10-11-27-16-19-13-22(7-6-17(19)14-25(24)27)29-30-23-5-3-4-20(26)15-23/h3-9,12-13,15,25H,2,10-11,14,16H2,1H3. The number of benzene rings is 3. The molecule has 2 aliphatic rings. The van der Waals surface area contributed by atoms with Gasteiger partial charge in [0, 0.05) is 19.1 Å². The van der Waals surface area contributed by atoms with Gasteiger partial charge in [0.15, 0.2) is 0 Å². The van der Waals surface area contributed by atoms with Crippen LogP contribution in [0.4, 0.5) is 4.39 Å². The number of fused-ring (bicyclic) bond motifs is 4. The van der Waals surface area contributed by atoms with Gasteiger partial charge in [-0.2, -0.15) is 0 Å². The molecule has 1 atom stereocenters. The van der Waals surface area contributed by atoms with Crippen LogP contribution in [-0.2, 0) is 19.4 Å². The Morgan fingerprint density at radius 3 is 2.73 bits per heavy atom. The molecule has 0 amide bonds. The zero-order valence-electron chi connectivity index (χ0n) is 16.9. The first-order valence-electron chi connectivity index (χ1n) is 10.4. The van der Waals surface area contributed by atoms with E-state index >= 15 is 0 Å². The first-order valence-corrected chi connectivity index (χ1v) is 11.2. The minimum Gasteiger partial charge on any atom is -0.494 e. The molecule has 0 fully saturated rings. The van der Waals surface area contributed by atoms with Gasteiger partial charge in [-0.15, -0.1) is 0 Å². The molecule has 1 unspecified atom stereocenters. The summed E-state index contributed by atoms with van der Waals surface area (Å²) in [5.41, 5.74) is 5.54. The molecule has 0 spiro atoms. The lowest BCUT2D eigenvalue weighted by Crippen LogP contribution is -2.39. The van der Waals surface area contributed by atoms with Gasteiger partial charge in [0.2, 0.25) is 0 Å². The topological polar surface area (TPSA) is 21.7 Å². The average molecular weight is 422 g/mol. The van der Waals surface area contributed by atoms with Gasteiger partial charge in [0.1, 0.15) is 17.3 Å². The lowest BCUT2D eigenvalue weighted by molar-refractivity contribution is 0.160. The van der Waals surface area contributed by atoms with Crippen LogP contribution in [0.25, 0.3) is 0 Å². The zero-order valence-corrected chi connectivity index (χ0v) is 17.8. The van der Waals surface area contributed by atoms with Gasteiger partial charge in [0.05, 0.1) is 23.5 Å². The summed E-state index contributed by atoms with van der Waals surface area (Å²) >= 11 is 1.19. The summed E-state index contributed by atoms with van der Waals surface area (Å²) in [7, 11) is 0. The third-order valence-electron chi connectivity index (χ3n) is 5.89. The predicted molar refractivity (Wildman–Crippen MR) is 117 cm³/mol. The number of ether oxygens (including phenoxy) is 1. The van der Waals surface area contributed by atoms with E-state index in [9.17, 15) is 4.39 Å². The second kappa shape index (κ2) is 8.32. The predicted octanol–water partition coefficient (Wildman–Crippen LogP) is 5.97. The molecule has 0 N–H and O–H groups in total. The van der Waals surface area contributed by atoms with E-state index in [0.29, 0.717) is 12.6 Å². The fraction of sp³-hybridized carbons (Fsp3) is 0.280. The van der Waals surface area contributed by atoms with Gasteiger partial charge in [-0.05, 0) is 84.5 Å². The maximum Gasteiger partial charge on any atom is 0.138 e. The fourth-order valence-corrected chi connectivity index (χ4v) is 5.06. The van der Waals surface area contributed by atoms with Gasteiger partial charge in [-0.25, -0.2) is 4.39 Å². The van der Waals surface area contributed by atoms with Crippen molar-refractivity contribution >= 4 is 12.0 Å². The quantitative estimate of drug-likeness (QED) is 0.474. The number of halogens is 1. The van der Waals surface area contributed by atoms with Crippen molar-refractivity contribution in [2.45, 2.75) is 37.2 Å². The van der Waals surface area contributed by atoms with E-state index in [2.05, 4.69) is 35.2 Å². The van der Waals surface area contributed by atoms with Crippen molar-refractivity contribution in [3.63, 3.8) is 0 Å². The van der Waals surface area contributed by atoms with Crippen LogP contribution in [0, 0.1) is 5.82 Å². The van der Waals surface area contributed by atoms with Crippen LogP contribution in [0.5, 0.6) is 11.5 Å². The molecular formula is C25H24FNO2S. The Kier molecular flexibility index (Phi) is 5.40. The molecule has 0 aromatic heterocycles. The first kappa shape index (κ1) is 19.5. The molecular weight excluding hydrogens is 397 g/mol. The Bertz CT molecular complexity index is 1070. The van der Waals surface area contributed by atoms with Crippen LogP contribution in [0.3, 0.4) is 0 Å². The smallest absolute Gasteiger partial charge is 0.138 e. The summed E-state index contributed by atoms with van der Waals surface area (Å²) in [6, 6.07) is 19.8. The molecule has 0 saturated carbocycles. The molecule has 5 rings (SSSR count). The largest absolute Gasteiger partial charge is 0.494 e. The number of hydrogen-bond acceptors (Lipinski definition) is 4. The van der Waals surface area contributed by atoms with E-state index in [4.69, 9.17) is 8.92 Å². The maximum absolute atomic E-state index is 13.4. The monoisotopic (exact) mass is 421 g/mol. The highest BCUT2D eigenvalue weighted by Crippen LogP contribution is 2.40. The van der Waals surface area contributed by atoms with E-state index in [1.807, 2.05) is 19.1 Å². The van der Waals surface area contributed by atoms with Crippen molar-refractivity contribution in [2.75, 3.05) is 13.2 Å². The third-order valence-corrected chi connectivity index (χ3v) is 6.61. The molecule has 2 heterocycles. The van der Waals surface area contributed by atoms with Crippen molar-refractivity contribution in [1.29, 1.82) is 0 Å². The van der Waals surface area contributed by atoms with Crippen molar-refractivity contribution in [3.05, 3.63) is 88.7 Å². The molecule has 0 radical (unpaired) electrons. The Labute approximate surface area is 181 Å².